The van der Waals surface area contributed by atoms with Crippen LogP contribution in [0.5, 0.6) is 0 Å². The lowest BCUT2D eigenvalue weighted by Gasteiger charge is -2.10. The van der Waals surface area contributed by atoms with Gasteiger partial charge in [-0.2, -0.15) is 0 Å². The van der Waals surface area contributed by atoms with Crippen molar-refractivity contribution in [2.45, 2.75) is 26.2 Å². The van der Waals surface area contributed by atoms with Crippen molar-refractivity contribution in [3.05, 3.63) is 33.8 Å². The molecule has 0 aliphatic carbocycles. The first-order valence-electron chi connectivity index (χ1n) is 4.48. The van der Waals surface area contributed by atoms with E-state index in [1.165, 1.54) is 0 Å². The molecule has 0 unspecified atom stereocenters. The Morgan fingerprint density at radius 3 is 2.71 bits per heavy atom. The minimum atomic E-state index is -0.755. The number of halogens is 1. The number of carboxylic acid groups (broad SMARTS) is 1. The fourth-order valence-corrected chi connectivity index (χ4v) is 1.69. The molecule has 0 saturated carbocycles. The van der Waals surface area contributed by atoms with Gasteiger partial charge in [0.15, 0.2) is 0 Å². The van der Waals surface area contributed by atoms with Gasteiger partial charge >= 0.3 is 5.97 Å². The maximum absolute atomic E-state index is 10.5. The fraction of sp³-hybridized carbons (Fsp3) is 0.364. The second-order valence-corrected chi connectivity index (χ2v) is 4.36. The number of carboxylic acids is 1. The summed E-state index contributed by atoms with van der Waals surface area (Å²) in [5, 5.41) is 8.66. The fourth-order valence-electron chi connectivity index (χ4n) is 1.30. The largest absolute Gasteiger partial charge is 0.481 e. The maximum Gasteiger partial charge on any atom is 0.303 e. The minimum absolute atomic E-state index is 0.0596. The topological polar surface area (TPSA) is 37.3 Å². The maximum atomic E-state index is 10.5. The summed E-state index contributed by atoms with van der Waals surface area (Å²) >= 11 is 3.43. The average Bonchev–Trinajstić information content (AvgIpc) is 2.08. The second kappa shape index (κ2) is 4.60. The monoisotopic (exact) mass is 256 g/mol. The summed E-state index contributed by atoms with van der Waals surface area (Å²) in [6.45, 7) is 3.93. The van der Waals surface area contributed by atoms with Gasteiger partial charge in [0.25, 0.3) is 0 Å². The highest BCUT2D eigenvalue weighted by atomic mass is 79.9. The van der Waals surface area contributed by atoms with Crippen molar-refractivity contribution in [1.82, 2.24) is 0 Å². The Bertz CT molecular complexity index is 347. The third kappa shape index (κ3) is 2.84. The molecule has 0 aliphatic heterocycles. The van der Waals surface area contributed by atoms with Crippen LogP contribution in [0.4, 0.5) is 0 Å². The Morgan fingerprint density at radius 2 is 2.21 bits per heavy atom. The second-order valence-electron chi connectivity index (χ2n) is 3.51. The van der Waals surface area contributed by atoms with Crippen LogP contribution >= 0.6 is 15.9 Å². The molecule has 1 aromatic carbocycles. The van der Waals surface area contributed by atoms with Gasteiger partial charge in [-0.25, -0.2) is 0 Å². The number of carbonyl (C=O) groups is 1. The summed E-state index contributed by atoms with van der Waals surface area (Å²) in [6.07, 6.45) is 0.176. The third-order valence-corrected chi connectivity index (χ3v) is 3.10. The van der Waals surface area contributed by atoms with Crippen molar-refractivity contribution in [3.8, 4) is 0 Å². The molecule has 0 aliphatic rings. The molecule has 0 amide bonds. The van der Waals surface area contributed by atoms with Crippen LogP contribution in [0.2, 0.25) is 0 Å². The SMILES string of the molecule is Cc1ccc([C@H](C)CC(=O)O)cc1Br. The molecule has 0 spiro atoms. The van der Waals surface area contributed by atoms with E-state index in [1.54, 1.807) is 0 Å². The first-order chi connectivity index (χ1) is 6.50. The third-order valence-electron chi connectivity index (χ3n) is 2.25. The molecular weight excluding hydrogens is 244 g/mol. The van der Waals surface area contributed by atoms with E-state index in [4.69, 9.17) is 5.11 Å². The number of rotatable bonds is 3. The smallest absolute Gasteiger partial charge is 0.303 e. The summed E-state index contributed by atoms with van der Waals surface area (Å²) in [5.41, 5.74) is 2.22. The van der Waals surface area contributed by atoms with Gasteiger partial charge in [-0.1, -0.05) is 35.0 Å². The standard InChI is InChI=1S/C11H13BrO2/c1-7-3-4-9(6-10(7)12)8(2)5-11(13)14/h3-4,6,8H,5H2,1-2H3,(H,13,14)/t8-/m1/s1. The molecule has 2 nitrogen and oxygen atoms in total. The summed E-state index contributed by atoms with van der Waals surface area (Å²) in [7, 11) is 0. The predicted molar refractivity (Wildman–Crippen MR) is 59.5 cm³/mol. The Balaban J connectivity index is 2.85. The van der Waals surface area contributed by atoms with Crippen molar-refractivity contribution in [1.29, 1.82) is 0 Å². The number of hydrogen-bond acceptors (Lipinski definition) is 1. The first kappa shape index (κ1) is 11.2. The number of aliphatic carboxylic acids is 1. The van der Waals surface area contributed by atoms with E-state index >= 15 is 0 Å². The van der Waals surface area contributed by atoms with E-state index in [0.29, 0.717) is 0 Å². The zero-order valence-electron chi connectivity index (χ0n) is 8.25. The molecule has 0 fully saturated rings. The van der Waals surface area contributed by atoms with E-state index in [1.807, 2.05) is 32.0 Å². The van der Waals surface area contributed by atoms with Gasteiger partial charge in [0.05, 0.1) is 6.42 Å². The zero-order valence-corrected chi connectivity index (χ0v) is 9.84. The van der Waals surface area contributed by atoms with Gasteiger partial charge in [0.2, 0.25) is 0 Å². The van der Waals surface area contributed by atoms with E-state index in [9.17, 15) is 4.79 Å². The molecule has 76 valence electrons. The number of aryl methyl sites for hydroxylation is 1. The molecule has 3 heteroatoms. The molecule has 0 radical (unpaired) electrons. The molecule has 0 aromatic heterocycles. The van der Waals surface area contributed by atoms with Crippen LogP contribution < -0.4 is 0 Å². The van der Waals surface area contributed by atoms with E-state index in [2.05, 4.69) is 15.9 Å². The number of benzene rings is 1. The van der Waals surface area contributed by atoms with Crippen LogP contribution in [0.3, 0.4) is 0 Å². The molecular formula is C11H13BrO2. The first-order valence-corrected chi connectivity index (χ1v) is 5.28. The van der Waals surface area contributed by atoms with Crippen LogP contribution in [-0.2, 0) is 4.79 Å². The highest BCUT2D eigenvalue weighted by Crippen LogP contribution is 2.24. The highest BCUT2D eigenvalue weighted by Gasteiger charge is 2.10. The lowest BCUT2D eigenvalue weighted by Crippen LogP contribution is -2.02. The number of hydrogen-bond donors (Lipinski definition) is 1. The lowest BCUT2D eigenvalue weighted by atomic mass is 9.97. The Hall–Kier alpha value is -0.830. The molecule has 1 atom stereocenters. The summed E-state index contributed by atoms with van der Waals surface area (Å²) < 4.78 is 1.03. The quantitative estimate of drug-likeness (QED) is 0.901. The minimum Gasteiger partial charge on any atom is -0.481 e. The van der Waals surface area contributed by atoms with Crippen LogP contribution in [0, 0.1) is 6.92 Å². The summed E-state index contributed by atoms with van der Waals surface area (Å²) in [5.74, 6) is -0.696. The highest BCUT2D eigenvalue weighted by molar-refractivity contribution is 9.10. The summed E-state index contributed by atoms with van der Waals surface area (Å²) in [6, 6.07) is 5.97. The van der Waals surface area contributed by atoms with Crippen molar-refractivity contribution in [2.24, 2.45) is 0 Å². The van der Waals surface area contributed by atoms with Crippen molar-refractivity contribution < 1.29 is 9.90 Å². The molecule has 0 heterocycles. The van der Waals surface area contributed by atoms with E-state index in [-0.39, 0.29) is 12.3 Å². The van der Waals surface area contributed by atoms with Crippen LogP contribution in [0.15, 0.2) is 22.7 Å². The van der Waals surface area contributed by atoms with E-state index in [0.717, 1.165) is 15.6 Å². The molecule has 0 saturated heterocycles. The Labute approximate surface area is 92.1 Å². The molecule has 1 rings (SSSR count). The van der Waals surface area contributed by atoms with Crippen LogP contribution in [0.1, 0.15) is 30.4 Å². The molecule has 14 heavy (non-hydrogen) atoms. The lowest BCUT2D eigenvalue weighted by molar-refractivity contribution is -0.137. The van der Waals surface area contributed by atoms with Crippen molar-refractivity contribution in [3.63, 3.8) is 0 Å². The van der Waals surface area contributed by atoms with Gasteiger partial charge in [-0.05, 0) is 30.0 Å². The van der Waals surface area contributed by atoms with E-state index < -0.39 is 5.97 Å². The molecule has 0 bridgehead atoms. The Kier molecular flexibility index (Phi) is 3.69. The zero-order chi connectivity index (χ0) is 10.7. The van der Waals surface area contributed by atoms with Gasteiger partial charge in [0, 0.05) is 4.47 Å². The Morgan fingerprint density at radius 1 is 1.57 bits per heavy atom. The van der Waals surface area contributed by atoms with Crippen LogP contribution in [-0.4, -0.2) is 11.1 Å². The van der Waals surface area contributed by atoms with Gasteiger partial charge in [-0.3, -0.25) is 4.79 Å². The van der Waals surface area contributed by atoms with Crippen molar-refractivity contribution in [2.75, 3.05) is 0 Å². The van der Waals surface area contributed by atoms with Gasteiger partial charge in [-0.15, -0.1) is 0 Å². The molecule has 1 aromatic rings. The van der Waals surface area contributed by atoms with Crippen molar-refractivity contribution >= 4 is 21.9 Å². The van der Waals surface area contributed by atoms with Gasteiger partial charge in [0.1, 0.15) is 0 Å². The summed E-state index contributed by atoms with van der Waals surface area (Å²) in [4.78, 5) is 10.5. The van der Waals surface area contributed by atoms with Crippen LogP contribution in [0.25, 0.3) is 0 Å². The average molecular weight is 257 g/mol. The predicted octanol–water partition coefficient (Wildman–Crippen LogP) is 3.34. The van der Waals surface area contributed by atoms with Gasteiger partial charge < -0.3 is 5.11 Å². The normalized spacial score (nSPS) is 12.5. The molecule has 1 N–H and O–H groups in total.